The highest BCUT2D eigenvalue weighted by molar-refractivity contribution is 5.37. The van der Waals surface area contributed by atoms with E-state index >= 15 is 0 Å². The van der Waals surface area contributed by atoms with Crippen LogP contribution in [0.5, 0.6) is 0 Å². The predicted molar refractivity (Wildman–Crippen MR) is 118 cm³/mol. The molecule has 162 valence electrons. The van der Waals surface area contributed by atoms with E-state index in [0.717, 1.165) is 51.4 Å². The van der Waals surface area contributed by atoms with Crippen LogP contribution in [-0.2, 0) is 15.9 Å². The molecular weight excluding hydrogens is 368 g/mol. The van der Waals surface area contributed by atoms with Crippen LogP contribution in [0.4, 0.5) is 5.69 Å². The Kier molecular flexibility index (Phi) is 16.4. The Hall–Kier alpha value is -2.31. The third-order valence-electron chi connectivity index (χ3n) is 3.74. The van der Waals surface area contributed by atoms with E-state index in [1.165, 1.54) is 11.8 Å². The van der Waals surface area contributed by atoms with E-state index in [9.17, 15) is 10.1 Å². The fourth-order valence-corrected chi connectivity index (χ4v) is 2.20. The zero-order valence-corrected chi connectivity index (χ0v) is 18.5. The summed E-state index contributed by atoms with van der Waals surface area (Å²) >= 11 is 0. The van der Waals surface area contributed by atoms with E-state index in [1.54, 1.807) is 19.9 Å². The first-order chi connectivity index (χ1) is 14.0. The molecule has 0 atom stereocenters. The molecule has 1 heterocycles. The summed E-state index contributed by atoms with van der Waals surface area (Å²) in [5, 5.41) is 10.3. The van der Waals surface area contributed by atoms with Crippen molar-refractivity contribution in [1.29, 1.82) is 0 Å². The highest BCUT2D eigenvalue weighted by Gasteiger charge is 2.09. The second kappa shape index (κ2) is 17.8. The number of ether oxygens (including phenoxy) is 2. The third-order valence-corrected chi connectivity index (χ3v) is 3.74. The topological polar surface area (TPSA) is 74.5 Å². The van der Waals surface area contributed by atoms with Crippen LogP contribution in [0, 0.1) is 24.0 Å². The lowest BCUT2D eigenvalue weighted by Crippen LogP contribution is -2.04. The maximum absolute atomic E-state index is 10.3. The fraction of sp³-hybridized carbons (Fsp3) is 0.522. The second-order valence-electron chi connectivity index (χ2n) is 6.43. The monoisotopic (exact) mass is 404 g/mol. The summed E-state index contributed by atoms with van der Waals surface area (Å²) in [7, 11) is 0. The van der Waals surface area contributed by atoms with Gasteiger partial charge in [0.25, 0.3) is 5.69 Å². The molecule has 29 heavy (non-hydrogen) atoms. The summed E-state index contributed by atoms with van der Waals surface area (Å²) in [6.45, 7) is 13.1. The molecule has 0 unspecified atom stereocenters. The normalized spacial score (nSPS) is 9.69. The van der Waals surface area contributed by atoms with Crippen LogP contribution >= 0.6 is 0 Å². The SMILES string of the molecule is CCCOCCOCCC.CCc1ccccc1.Cc1cc(C)c([N+](=O)[O-])cn1. The molecule has 0 saturated heterocycles. The molecule has 6 heteroatoms. The number of aromatic nitrogens is 1. The van der Waals surface area contributed by atoms with Crippen LogP contribution in [-0.4, -0.2) is 36.3 Å². The molecular formula is C23H36N2O4. The van der Waals surface area contributed by atoms with Gasteiger partial charge in [0.2, 0.25) is 0 Å². The summed E-state index contributed by atoms with van der Waals surface area (Å²) < 4.78 is 10.4. The molecule has 1 aromatic carbocycles. The Morgan fingerprint density at radius 2 is 1.48 bits per heavy atom. The van der Waals surface area contributed by atoms with Gasteiger partial charge in [0.1, 0.15) is 6.20 Å². The van der Waals surface area contributed by atoms with E-state index in [1.807, 2.05) is 6.07 Å². The molecule has 0 aliphatic heterocycles. The van der Waals surface area contributed by atoms with Gasteiger partial charge in [-0.1, -0.05) is 51.1 Å². The lowest BCUT2D eigenvalue weighted by Gasteiger charge is -2.02. The zero-order valence-electron chi connectivity index (χ0n) is 18.5. The predicted octanol–water partition coefficient (Wildman–Crippen LogP) is 5.70. The quantitative estimate of drug-likeness (QED) is 0.305. The van der Waals surface area contributed by atoms with Crippen LogP contribution in [0.1, 0.15) is 50.4 Å². The Morgan fingerprint density at radius 3 is 1.86 bits per heavy atom. The van der Waals surface area contributed by atoms with Gasteiger partial charge in [0.15, 0.2) is 0 Å². The molecule has 0 N–H and O–H groups in total. The van der Waals surface area contributed by atoms with Crippen LogP contribution < -0.4 is 0 Å². The Bertz CT molecular complexity index is 655. The summed E-state index contributed by atoms with van der Waals surface area (Å²) in [5.41, 5.74) is 2.94. The maximum Gasteiger partial charge on any atom is 0.290 e. The fourth-order valence-electron chi connectivity index (χ4n) is 2.20. The third kappa shape index (κ3) is 14.4. The summed E-state index contributed by atoms with van der Waals surface area (Å²) in [6.07, 6.45) is 4.60. The molecule has 0 bridgehead atoms. The summed E-state index contributed by atoms with van der Waals surface area (Å²) in [5.74, 6) is 0. The Labute approximate surface area is 175 Å². The Balaban J connectivity index is 0.000000410. The second-order valence-corrected chi connectivity index (χ2v) is 6.43. The van der Waals surface area contributed by atoms with Crippen LogP contribution in [0.2, 0.25) is 0 Å². The lowest BCUT2D eigenvalue weighted by molar-refractivity contribution is -0.385. The van der Waals surface area contributed by atoms with Gasteiger partial charge in [-0.3, -0.25) is 15.1 Å². The molecule has 0 saturated carbocycles. The minimum absolute atomic E-state index is 0.0793. The van der Waals surface area contributed by atoms with Gasteiger partial charge in [-0.05, 0) is 44.7 Å². The van der Waals surface area contributed by atoms with Crippen molar-refractivity contribution >= 4 is 5.69 Å². The van der Waals surface area contributed by atoms with Crippen molar-refractivity contribution in [3.05, 3.63) is 69.5 Å². The van der Waals surface area contributed by atoms with Crippen molar-refractivity contribution < 1.29 is 14.4 Å². The lowest BCUT2D eigenvalue weighted by atomic mass is 10.2. The van der Waals surface area contributed by atoms with Crippen molar-refractivity contribution in [2.45, 2.75) is 53.9 Å². The van der Waals surface area contributed by atoms with Gasteiger partial charge < -0.3 is 9.47 Å². The average Bonchev–Trinajstić information content (AvgIpc) is 2.72. The number of hydrogen-bond donors (Lipinski definition) is 0. The van der Waals surface area contributed by atoms with E-state index in [4.69, 9.17) is 9.47 Å². The molecule has 0 fully saturated rings. The first-order valence-electron chi connectivity index (χ1n) is 10.2. The number of pyridine rings is 1. The first kappa shape index (κ1) is 26.7. The van der Waals surface area contributed by atoms with Crippen LogP contribution in [0.25, 0.3) is 0 Å². The molecule has 0 aliphatic rings. The number of nitro groups is 1. The maximum atomic E-state index is 10.3. The number of rotatable bonds is 9. The number of benzene rings is 1. The number of hydrogen-bond acceptors (Lipinski definition) is 5. The zero-order chi connectivity index (χ0) is 21.9. The van der Waals surface area contributed by atoms with Gasteiger partial charge in [-0.2, -0.15) is 0 Å². The van der Waals surface area contributed by atoms with Crippen molar-refractivity contribution in [3.63, 3.8) is 0 Å². The van der Waals surface area contributed by atoms with E-state index in [2.05, 4.69) is 50.0 Å². The van der Waals surface area contributed by atoms with Crippen molar-refractivity contribution in [1.82, 2.24) is 4.98 Å². The van der Waals surface area contributed by atoms with E-state index < -0.39 is 4.92 Å². The van der Waals surface area contributed by atoms with Gasteiger partial charge in [0.05, 0.1) is 18.1 Å². The Morgan fingerprint density at radius 1 is 0.931 bits per heavy atom. The minimum atomic E-state index is -0.429. The number of aryl methyl sites for hydroxylation is 3. The average molecular weight is 405 g/mol. The molecule has 0 aliphatic carbocycles. The standard InChI is InChI=1S/C8H18O2.C8H10.C7H8N2O2/c1-3-5-9-7-8-10-6-4-2;1-2-8-6-4-3-5-7-8;1-5-3-6(2)8-4-7(5)9(10)11/h3-8H2,1-2H3;3-7H,2H2,1H3;3-4H,1-2H3. The molecule has 2 aromatic rings. The smallest absolute Gasteiger partial charge is 0.290 e. The molecule has 1 aromatic heterocycles. The highest BCUT2D eigenvalue weighted by atomic mass is 16.6. The molecule has 0 spiro atoms. The van der Waals surface area contributed by atoms with Crippen molar-refractivity contribution in [3.8, 4) is 0 Å². The largest absolute Gasteiger partial charge is 0.379 e. The van der Waals surface area contributed by atoms with Gasteiger partial charge in [-0.25, -0.2) is 0 Å². The summed E-state index contributed by atoms with van der Waals surface area (Å²) in [4.78, 5) is 13.7. The van der Waals surface area contributed by atoms with Crippen molar-refractivity contribution in [2.75, 3.05) is 26.4 Å². The van der Waals surface area contributed by atoms with E-state index in [-0.39, 0.29) is 5.69 Å². The van der Waals surface area contributed by atoms with Gasteiger partial charge >= 0.3 is 0 Å². The van der Waals surface area contributed by atoms with Crippen LogP contribution in [0.15, 0.2) is 42.6 Å². The molecule has 0 amide bonds. The summed E-state index contributed by atoms with van der Waals surface area (Å²) in [6, 6.07) is 12.1. The molecule has 6 nitrogen and oxygen atoms in total. The van der Waals surface area contributed by atoms with Gasteiger partial charge in [-0.15, -0.1) is 0 Å². The number of nitrogens with zero attached hydrogens (tertiary/aromatic N) is 2. The highest BCUT2D eigenvalue weighted by Crippen LogP contribution is 2.15. The first-order valence-corrected chi connectivity index (χ1v) is 10.2. The van der Waals surface area contributed by atoms with Crippen molar-refractivity contribution in [2.24, 2.45) is 0 Å². The molecule has 2 rings (SSSR count). The van der Waals surface area contributed by atoms with Gasteiger partial charge in [0, 0.05) is 24.5 Å². The van der Waals surface area contributed by atoms with E-state index in [0.29, 0.717) is 5.56 Å². The molecule has 0 radical (unpaired) electrons. The van der Waals surface area contributed by atoms with Crippen LogP contribution in [0.3, 0.4) is 0 Å². The minimum Gasteiger partial charge on any atom is -0.379 e.